The largest absolute Gasteiger partial charge is 0.345 e. The van der Waals surface area contributed by atoms with Gasteiger partial charge in [-0.2, -0.15) is 5.26 Å². The van der Waals surface area contributed by atoms with E-state index in [0.29, 0.717) is 25.4 Å². The lowest BCUT2D eigenvalue weighted by molar-refractivity contribution is -0.130. The lowest BCUT2D eigenvalue weighted by atomic mass is 10.0. The van der Waals surface area contributed by atoms with E-state index < -0.39 is 0 Å². The maximum atomic E-state index is 12.2. The van der Waals surface area contributed by atoms with Crippen molar-refractivity contribution in [1.82, 2.24) is 19.8 Å². The second-order valence-corrected chi connectivity index (χ2v) is 6.92. The molecule has 1 fully saturated rings. The first kappa shape index (κ1) is 17.0. The number of nitrogens with one attached hydrogen (secondary N) is 1. The Labute approximate surface area is 143 Å². The molecule has 2 aliphatic rings. The molecule has 1 aromatic heterocycles. The molecule has 0 bridgehead atoms. The number of hydrogen-bond donors (Lipinski definition) is 1. The number of carbonyl (C=O) groups excluding carboxylic acids is 1. The number of nitriles is 1. The Kier molecular flexibility index (Phi) is 5.52. The van der Waals surface area contributed by atoms with Gasteiger partial charge in [0.15, 0.2) is 0 Å². The summed E-state index contributed by atoms with van der Waals surface area (Å²) in [7, 11) is 1.78. The summed E-state index contributed by atoms with van der Waals surface area (Å²) in [5.74, 6) is 1.22. The van der Waals surface area contributed by atoms with Crippen LogP contribution in [-0.4, -0.2) is 52.4 Å². The number of imidazole rings is 1. The standard InChI is InChI=1S/C18H27N5O/c1-22(11-5-10-19)17(24)9-13-23-12-4-8-16(23)18-20-14-6-2-3-7-15(14)21-18/h16H,2-9,11-13H2,1H3,(H,20,21)/t16-/m1/s1. The lowest BCUT2D eigenvalue weighted by Gasteiger charge is -2.24. The first-order chi connectivity index (χ1) is 11.7. The van der Waals surface area contributed by atoms with Gasteiger partial charge in [0.25, 0.3) is 0 Å². The second-order valence-electron chi connectivity index (χ2n) is 6.92. The van der Waals surface area contributed by atoms with Gasteiger partial charge in [0.05, 0.1) is 24.2 Å². The predicted octanol–water partition coefficient (Wildman–Crippen LogP) is 2.19. The van der Waals surface area contributed by atoms with Gasteiger partial charge in [-0.3, -0.25) is 9.69 Å². The first-order valence-corrected chi connectivity index (χ1v) is 9.11. The van der Waals surface area contributed by atoms with Crippen molar-refractivity contribution >= 4 is 5.91 Å². The third kappa shape index (κ3) is 3.78. The summed E-state index contributed by atoms with van der Waals surface area (Å²) < 4.78 is 0. The van der Waals surface area contributed by atoms with E-state index in [1.165, 1.54) is 24.2 Å². The van der Waals surface area contributed by atoms with Crippen molar-refractivity contribution in [2.45, 2.75) is 57.4 Å². The molecule has 6 heteroatoms. The van der Waals surface area contributed by atoms with E-state index in [-0.39, 0.29) is 5.91 Å². The molecule has 1 aliphatic heterocycles. The average molecular weight is 329 g/mol. The highest BCUT2D eigenvalue weighted by atomic mass is 16.2. The number of aryl methyl sites for hydroxylation is 2. The fourth-order valence-electron chi connectivity index (χ4n) is 3.81. The van der Waals surface area contributed by atoms with Crippen LogP contribution in [0.4, 0.5) is 0 Å². The highest BCUT2D eigenvalue weighted by molar-refractivity contribution is 5.76. The van der Waals surface area contributed by atoms with Gasteiger partial charge in [0.1, 0.15) is 5.82 Å². The molecule has 24 heavy (non-hydrogen) atoms. The number of aromatic amines is 1. The number of amides is 1. The smallest absolute Gasteiger partial charge is 0.223 e. The SMILES string of the molecule is CN(CCC#N)C(=O)CCN1CCC[C@@H]1c1nc2c([nH]1)CCCC2. The zero-order valence-corrected chi connectivity index (χ0v) is 14.6. The number of carbonyl (C=O) groups is 1. The van der Waals surface area contributed by atoms with Crippen molar-refractivity contribution in [1.29, 1.82) is 5.26 Å². The summed E-state index contributed by atoms with van der Waals surface area (Å²) in [6, 6.07) is 2.41. The topological polar surface area (TPSA) is 76.0 Å². The maximum absolute atomic E-state index is 12.2. The van der Waals surface area contributed by atoms with Gasteiger partial charge < -0.3 is 9.88 Å². The molecular formula is C18H27N5O. The van der Waals surface area contributed by atoms with E-state index in [2.05, 4.69) is 16.0 Å². The molecule has 3 rings (SSSR count). The summed E-state index contributed by atoms with van der Waals surface area (Å²) in [6.07, 6.45) is 7.91. The number of aromatic nitrogens is 2. The number of H-pyrrole nitrogens is 1. The van der Waals surface area contributed by atoms with Gasteiger partial charge in [-0.05, 0) is 45.1 Å². The van der Waals surface area contributed by atoms with Crippen LogP contribution in [0.25, 0.3) is 0 Å². The van der Waals surface area contributed by atoms with E-state index in [1.807, 2.05) is 0 Å². The van der Waals surface area contributed by atoms with Gasteiger partial charge in [-0.1, -0.05) is 0 Å². The minimum absolute atomic E-state index is 0.120. The van der Waals surface area contributed by atoms with Gasteiger partial charge in [-0.15, -0.1) is 0 Å². The van der Waals surface area contributed by atoms with Crippen LogP contribution >= 0.6 is 0 Å². The predicted molar refractivity (Wildman–Crippen MR) is 91.3 cm³/mol. The van der Waals surface area contributed by atoms with Crippen molar-refractivity contribution in [2.24, 2.45) is 0 Å². The molecule has 1 aliphatic carbocycles. The second kappa shape index (κ2) is 7.80. The molecule has 0 radical (unpaired) electrons. The van der Waals surface area contributed by atoms with E-state index in [0.717, 1.165) is 44.6 Å². The third-order valence-electron chi connectivity index (χ3n) is 5.25. The molecule has 1 saturated heterocycles. The number of likely N-dealkylation sites (tertiary alicyclic amines) is 1. The van der Waals surface area contributed by atoms with Gasteiger partial charge >= 0.3 is 0 Å². The summed E-state index contributed by atoms with van der Waals surface area (Å²) in [5, 5.41) is 8.62. The summed E-state index contributed by atoms with van der Waals surface area (Å²) >= 11 is 0. The highest BCUT2D eigenvalue weighted by Gasteiger charge is 2.30. The zero-order valence-electron chi connectivity index (χ0n) is 14.6. The van der Waals surface area contributed by atoms with Crippen LogP contribution in [0.3, 0.4) is 0 Å². The summed E-state index contributed by atoms with van der Waals surface area (Å²) in [4.78, 5) is 24.6. The van der Waals surface area contributed by atoms with E-state index >= 15 is 0 Å². The maximum Gasteiger partial charge on any atom is 0.223 e. The van der Waals surface area contributed by atoms with Crippen molar-refractivity contribution < 1.29 is 4.79 Å². The number of nitrogens with zero attached hydrogens (tertiary/aromatic N) is 4. The Balaban J connectivity index is 1.57. The molecule has 1 amide bonds. The minimum atomic E-state index is 0.120. The molecule has 0 saturated carbocycles. The van der Waals surface area contributed by atoms with Crippen molar-refractivity contribution in [3.05, 3.63) is 17.2 Å². The molecule has 0 unspecified atom stereocenters. The Hall–Kier alpha value is -1.87. The monoisotopic (exact) mass is 329 g/mol. The van der Waals surface area contributed by atoms with Crippen LogP contribution in [0.1, 0.15) is 61.8 Å². The van der Waals surface area contributed by atoms with Gasteiger partial charge in [-0.25, -0.2) is 4.98 Å². The third-order valence-corrected chi connectivity index (χ3v) is 5.25. The molecule has 1 aromatic rings. The zero-order chi connectivity index (χ0) is 16.9. The Bertz CT molecular complexity index is 594. The summed E-state index contributed by atoms with van der Waals surface area (Å²) in [6.45, 7) is 2.32. The quantitative estimate of drug-likeness (QED) is 0.868. The van der Waals surface area contributed by atoms with Gasteiger partial charge in [0, 0.05) is 32.3 Å². The van der Waals surface area contributed by atoms with Crippen LogP contribution in [0, 0.1) is 11.3 Å². The molecular weight excluding hydrogens is 302 g/mol. The average Bonchev–Trinajstić information content (AvgIpc) is 3.23. The Morgan fingerprint density at radius 1 is 1.42 bits per heavy atom. The lowest BCUT2D eigenvalue weighted by Crippen LogP contribution is -2.32. The molecule has 1 N–H and O–H groups in total. The van der Waals surface area contributed by atoms with E-state index in [4.69, 9.17) is 10.2 Å². The fraction of sp³-hybridized carbons (Fsp3) is 0.722. The van der Waals surface area contributed by atoms with Crippen LogP contribution in [-0.2, 0) is 17.6 Å². The van der Waals surface area contributed by atoms with Crippen molar-refractivity contribution in [3.63, 3.8) is 0 Å². The number of rotatable bonds is 6. The molecule has 1 atom stereocenters. The van der Waals surface area contributed by atoms with Gasteiger partial charge in [0.2, 0.25) is 5.91 Å². The van der Waals surface area contributed by atoms with Crippen molar-refractivity contribution in [3.8, 4) is 6.07 Å². The molecule has 130 valence electrons. The number of hydrogen-bond acceptors (Lipinski definition) is 4. The van der Waals surface area contributed by atoms with E-state index in [9.17, 15) is 4.79 Å². The summed E-state index contributed by atoms with van der Waals surface area (Å²) in [5.41, 5.74) is 2.59. The van der Waals surface area contributed by atoms with Crippen LogP contribution in [0.5, 0.6) is 0 Å². The van der Waals surface area contributed by atoms with Crippen LogP contribution < -0.4 is 0 Å². The highest BCUT2D eigenvalue weighted by Crippen LogP contribution is 2.32. The molecule has 2 heterocycles. The molecule has 6 nitrogen and oxygen atoms in total. The van der Waals surface area contributed by atoms with E-state index in [1.54, 1.807) is 11.9 Å². The molecule has 0 aromatic carbocycles. The fourth-order valence-corrected chi connectivity index (χ4v) is 3.81. The number of fused-ring (bicyclic) bond motifs is 1. The van der Waals surface area contributed by atoms with Crippen LogP contribution in [0.2, 0.25) is 0 Å². The normalized spacial score (nSPS) is 20.6. The Morgan fingerprint density at radius 3 is 3.04 bits per heavy atom. The molecule has 0 spiro atoms. The Morgan fingerprint density at radius 2 is 2.25 bits per heavy atom. The minimum Gasteiger partial charge on any atom is -0.345 e. The first-order valence-electron chi connectivity index (χ1n) is 9.11. The van der Waals surface area contributed by atoms with Crippen molar-refractivity contribution in [2.75, 3.05) is 26.7 Å². The van der Waals surface area contributed by atoms with Crippen LogP contribution in [0.15, 0.2) is 0 Å².